The summed E-state index contributed by atoms with van der Waals surface area (Å²) in [6.07, 6.45) is 0.904. The minimum Gasteiger partial charge on any atom is -0.370 e. The monoisotopic (exact) mass is 233 g/mol. The zero-order chi connectivity index (χ0) is 12.8. The van der Waals surface area contributed by atoms with E-state index in [2.05, 4.69) is 6.92 Å². The number of nitrogens with zero attached hydrogens (tertiary/aromatic N) is 1. The van der Waals surface area contributed by atoms with E-state index in [0.29, 0.717) is 6.54 Å². The van der Waals surface area contributed by atoms with Crippen LogP contribution < -0.4 is 11.5 Å². The maximum Gasteiger partial charge on any atom is 0.195 e. The van der Waals surface area contributed by atoms with Gasteiger partial charge in [-0.2, -0.15) is 0 Å². The summed E-state index contributed by atoms with van der Waals surface area (Å²) in [4.78, 5) is 1.31. The molecule has 0 aliphatic rings. The summed E-state index contributed by atoms with van der Waals surface area (Å²) in [6, 6.07) is 9.98. The smallest absolute Gasteiger partial charge is 0.195 e. The van der Waals surface area contributed by atoms with Crippen molar-refractivity contribution in [1.82, 2.24) is 4.90 Å². The molecule has 0 heterocycles. The quantitative estimate of drug-likeness (QED) is 0.465. The first-order valence-electron chi connectivity index (χ1n) is 5.56. The van der Waals surface area contributed by atoms with Crippen LogP contribution in [-0.2, 0) is 0 Å². The van der Waals surface area contributed by atoms with Crippen LogP contribution in [0.5, 0.6) is 0 Å². The molecule has 5 nitrogen and oxygen atoms in total. The predicted molar refractivity (Wildman–Crippen MR) is 70.0 cm³/mol. The van der Waals surface area contributed by atoms with Gasteiger partial charge in [-0.1, -0.05) is 37.3 Å². The minimum atomic E-state index is -0.188. The van der Waals surface area contributed by atoms with Crippen LogP contribution in [0.4, 0.5) is 0 Å². The van der Waals surface area contributed by atoms with Gasteiger partial charge in [0.25, 0.3) is 0 Å². The van der Waals surface area contributed by atoms with Crippen molar-refractivity contribution in [2.45, 2.75) is 19.3 Å². The van der Waals surface area contributed by atoms with E-state index in [0.717, 1.165) is 6.42 Å². The van der Waals surface area contributed by atoms with Crippen molar-refractivity contribution in [3.8, 4) is 0 Å². The molecule has 1 aromatic carbocycles. The summed E-state index contributed by atoms with van der Waals surface area (Å²) in [5.41, 5.74) is 12.0. The van der Waals surface area contributed by atoms with Gasteiger partial charge in [-0.25, -0.2) is 0 Å². The minimum absolute atomic E-state index is 0.188. The topological polar surface area (TPSA) is 103 Å². The molecule has 0 saturated heterocycles. The largest absolute Gasteiger partial charge is 0.370 e. The molecule has 0 fully saturated rings. The number of hydrogen-bond acceptors (Lipinski definition) is 2. The van der Waals surface area contributed by atoms with E-state index in [-0.39, 0.29) is 17.8 Å². The zero-order valence-electron chi connectivity index (χ0n) is 9.98. The van der Waals surface area contributed by atoms with E-state index in [9.17, 15) is 0 Å². The van der Waals surface area contributed by atoms with Gasteiger partial charge >= 0.3 is 0 Å². The van der Waals surface area contributed by atoms with Gasteiger partial charge in [0.2, 0.25) is 0 Å². The fourth-order valence-corrected chi connectivity index (χ4v) is 1.74. The summed E-state index contributed by atoms with van der Waals surface area (Å²) in [7, 11) is 0. The van der Waals surface area contributed by atoms with Crippen LogP contribution in [0.3, 0.4) is 0 Å². The van der Waals surface area contributed by atoms with Gasteiger partial charge in [0.05, 0.1) is 0 Å². The van der Waals surface area contributed by atoms with E-state index >= 15 is 0 Å². The highest BCUT2D eigenvalue weighted by Gasteiger charge is 2.17. The molecule has 0 bridgehead atoms. The molecule has 0 amide bonds. The Morgan fingerprint density at radius 2 is 1.71 bits per heavy atom. The number of nitrogens with two attached hydrogens (primary N) is 2. The lowest BCUT2D eigenvalue weighted by Gasteiger charge is -2.25. The molecule has 1 aromatic rings. The third-order valence-electron chi connectivity index (χ3n) is 2.75. The molecule has 6 N–H and O–H groups in total. The van der Waals surface area contributed by atoms with E-state index < -0.39 is 0 Å². The lowest BCUT2D eigenvalue weighted by molar-refractivity contribution is 0.496. The number of nitrogens with one attached hydrogen (secondary N) is 2. The highest BCUT2D eigenvalue weighted by atomic mass is 15.3. The Morgan fingerprint density at radius 1 is 1.18 bits per heavy atom. The molecule has 5 heteroatoms. The average molecular weight is 233 g/mol. The van der Waals surface area contributed by atoms with E-state index in [4.69, 9.17) is 22.3 Å². The number of guanidine groups is 2. The van der Waals surface area contributed by atoms with Gasteiger partial charge in [0.1, 0.15) is 0 Å². The number of benzene rings is 1. The molecule has 0 aliphatic heterocycles. The Balaban J connectivity index is 2.83. The lowest BCUT2D eigenvalue weighted by atomic mass is 9.96. The van der Waals surface area contributed by atoms with Gasteiger partial charge in [0.15, 0.2) is 11.9 Å². The van der Waals surface area contributed by atoms with Crippen molar-refractivity contribution in [2.24, 2.45) is 11.5 Å². The normalized spacial score (nSPS) is 11.8. The maximum absolute atomic E-state index is 7.40. The molecule has 0 aliphatic carbocycles. The van der Waals surface area contributed by atoms with Crippen LogP contribution in [0.2, 0.25) is 0 Å². The molecular formula is C12H19N5. The van der Waals surface area contributed by atoms with Crippen LogP contribution in [-0.4, -0.2) is 23.4 Å². The van der Waals surface area contributed by atoms with Crippen LogP contribution in [0.25, 0.3) is 0 Å². The highest BCUT2D eigenvalue weighted by Crippen LogP contribution is 2.20. The molecule has 1 atom stereocenters. The highest BCUT2D eigenvalue weighted by molar-refractivity contribution is 5.94. The predicted octanol–water partition coefficient (Wildman–Crippen LogP) is 1.27. The van der Waals surface area contributed by atoms with Gasteiger partial charge in [-0.05, 0) is 12.0 Å². The van der Waals surface area contributed by atoms with Crippen molar-refractivity contribution in [3.63, 3.8) is 0 Å². The summed E-state index contributed by atoms with van der Waals surface area (Å²) >= 11 is 0. The second kappa shape index (κ2) is 5.89. The second-order valence-corrected chi connectivity index (χ2v) is 3.90. The average Bonchev–Trinajstić information content (AvgIpc) is 2.30. The number of rotatable bonds is 4. The van der Waals surface area contributed by atoms with Gasteiger partial charge < -0.3 is 11.5 Å². The molecule has 17 heavy (non-hydrogen) atoms. The molecule has 1 unspecified atom stereocenters. The fraction of sp³-hybridized carbons (Fsp3) is 0.333. The standard InChI is InChI=1S/C12H19N5/c1-2-9(10-6-4-3-5-7-10)8-17(11(13)14)12(15)16/h3-7,9H,2,8H2,1H3,(H3,13,14)(H3,15,16). The van der Waals surface area contributed by atoms with Crippen molar-refractivity contribution in [2.75, 3.05) is 6.54 Å². The Kier molecular flexibility index (Phi) is 4.51. The maximum atomic E-state index is 7.40. The van der Waals surface area contributed by atoms with Gasteiger partial charge in [0, 0.05) is 12.5 Å². The van der Waals surface area contributed by atoms with E-state index in [1.54, 1.807) is 0 Å². The summed E-state index contributed by atoms with van der Waals surface area (Å²) in [6.45, 7) is 2.53. The third-order valence-corrected chi connectivity index (χ3v) is 2.75. The lowest BCUT2D eigenvalue weighted by Crippen LogP contribution is -2.46. The summed E-state index contributed by atoms with van der Waals surface area (Å²) in [5.74, 6) is -0.164. The Hall–Kier alpha value is -2.04. The van der Waals surface area contributed by atoms with Crippen LogP contribution in [0.1, 0.15) is 24.8 Å². The Morgan fingerprint density at radius 3 is 2.12 bits per heavy atom. The second-order valence-electron chi connectivity index (χ2n) is 3.90. The van der Waals surface area contributed by atoms with Crippen molar-refractivity contribution >= 4 is 11.9 Å². The molecular weight excluding hydrogens is 214 g/mol. The molecule has 0 saturated carbocycles. The summed E-state index contributed by atoms with van der Waals surface area (Å²) < 4.78 is 0. The van der Waals surface area contributed by atoms with Crippen LogP contribution in [0, 0.1) is 10.8 Å². The Labute approximate surface area is 101 Å². The number of hydrogen-bond donors (Lipinski definition) is 4. The molecule has 0 aromatic heterocycles. The van der Waals surface area contributed by atoms with Crippen LogP contribution in [0.15, 0.2) is 30.3 Å². The van der Waals surface area contributed by atoms with Crippen LogP contribution >= 0.6 is 0 Å². The third kappa shape index (κ3) is 3.48. The van der Waals surface area contributed by atoms with Crippen molar-refractivity contribution < 1.29 is 0 Å². The zero-order valence-corrected chi connectivity index (χ0v) is 9.98. The van der Waals surface area contributed by atoms with Crippen molar-refractivity contribution in [1.29, 1.82) is 10.8 Å². The first-order chi connectivity index (χ1) is 8.06. The SMILES string of the molecule is CCC(CN(C(=N)N)C(=N)N)c1ccccc1. The first-order valence-corrected chi connectivity index (χ1v) is 5.56. The van der Waals surface area contributed by atoms with Gasteiger partial charge in [-0.15, -0.1) is 0 Å². The van der Waals surface area contributed by atoms with Crippen molar-refractivity contribution in [3.05, 3.63) is 35.9 Å². The molecule has 92 valence electrons. The van der Waals surface area contributed by atoms with E-state index in [1.807, 2.05) is 30.3 Å². The van der Waals surface area contributed by atoms with E-state index in [1.165, 1.54) is 10.5 Å². The molecule has 0 spiro atoms. The molecule has 0 radical (unpaired) electrons. The first kappa shape index (κ1) is 13.0. The summed E-state index contributed by atoms with van der Waals surface area (Å²) in [5, 5.41) is 14.8. The molecule has 1 rings (SSSR count). The van der Waals surface area contributed by atoms with Gasteiger partial charge in [-0.3, -0.25) is 15.7 Å². The fourth-order valence-electron chi connectivity index (χ4n) is 1.74. The Bertz CT molecular complexity index is 373.